The van der Waals surface area contributed by atoms with E-state index in [1.54, 1.807) is 7.11 Å². The number of ether oxygens (including phenoxy) is 1. The van der Waals surface area contributed by atoms with Crippen molar-refractivity contribution in [2.75, 3.05) is 26.7 Å². The fourth-order valence-electron chi connectivity index (χ4n) is 3.48. The molecule has 0 heterocycles. The van der Waals surface area contributed by atoms with Crippen LogP contribution in [0.3, 0.4) is 0 Å². The van der Waals surface area contributed by atoms with Gasteiger partial charge in [0, 0.05) is 13.1 Å². The van der Waals surface area contributed by atoms with Crippen molar-refractivity contribution in [2.45, 2.75) is 51.4 Å². The highest BCUT2D eigenvalue weighted by Gasteiger charge is 2.42. The van der Waals surface area contributed by atoms with Crippen molar-refractivity contribution in [1.29, 1.82) is 0 Å². The van der Waals surface area contributed by atoms with Crippen LogP contribution in [0.1, 0.15) is 50.2 Å². The molecule has 128 valence electrons. The smallest absolute Gasteiger partial charge is 0.230 e. The Morgan fingerprint density at radius 3 is 2.61 bits per heavy atom. The number of hydrogen-bond donors (Lipinski definition) is 2. The van der Waals surface area contributed by atoms with E-state index in [2.05, 4.69) is 35.8 Å². The molecule has 4 nitrogen and oxygen atoms in total. The minimum Gasteiger partial charge on any atom is -0.496 e. The highest BCUT2D eigenvalue weighted by molar-refractivity contribution is 5.88. The van der Waals surface area contributed by atoms with Crippen molar-refractivity contribution in [2.24, 2.45) is 0 Å². The molecule has 0 bridgehead atoms. The van der Waals surface area contributed by atoms with Crippen LogP contribution >= 0.6 is 0 Å². The Labute approximate surface area is 140 Å². The molecule has 0 unspecified atom stereocenters. The highest BCUT2D eigenvalue weighted by atomic mass is 16.5. The predicted octanol–water partition coefficient (Wildman–Crippen LogP) is 2.93. The van der Waals surface area contributed by atoms with Gasteiger partial charge in [0.15, 0.2) is 0 Å². The zero-order chi connectivity index (χ0) is 16.7. The molecule has 1 fully saturated rings. The van der Waals surface area contributed by atoms with Crippen LogP contribution in [-0.2, 0) is 10.2 Å². The molecule has 0 saturated heterocycles. The van der Waals surface area contributed by atoms with Gasteiger partial charge < -0.3 is 15.4 Å². The summed E-state index contributed by atoms with van der Waals surface area (Å²) in [6, 6.07) is 6.21. The molecule has 0 atom stereocenters. The molecule has 23 heavy (non-hydrogen) atoms. The number of nitrogens with one attached hydrogen (secondary N) is 2. The van der Waals surface area contributed by atoms with Gasteiger partial charge in [-0.3, -0.25) is 4.79 Å². The van der Waals surface area contributed by atoms with Crippen molar-refractivity contribution in [1.82, 2.24) is 10.6 Å². The molecule has 1 aliphatic carbocycles. The van der Waals surface area contributed by atoms with Gasteiger partial charge in [0.25, 0.3) is 0 Å². The molecule has 1 aromatic carbocycles. The summed E-state index contributed by atoms with van der Waals surface area (Å²) in [5.74, 6) is 1.03. The lowest BCUT2D eigenvalue weighted by Gasteiger charge is -2.29. The minimum absolute atomic E-state index is 0.166. The molecule has 1 aromatic rings. The fourth-order valence-corrected chi connectivity index (χ4v) is 3.48. The van der Waals surface area contributed by atoms with Gasteiger partial charge in [0.1, 0.15) is 5.75 Å². The van der Waals surface area contributed by atoms with Crippen LogP contribution in [0.25, 0.3) is 0 Å². The first-order valence-electron chi connectivity index (χ1n) is 8.78. The number of carbonyl (C=O) groups excluding carboxylic acids is 1. The van der Waals surface area contributed by atoms with E-state index in [1.807, 2.05) is 6.92 Å². The number of benzene rings is 1. The van der Waals surface area contributed by atoms with E-state index in [1.165, 1.54) is 0 Å². The average molecular weight is 318 g/mol. The minimum atomic E-state index is -0.383. The number of hydrogen-bond acceptors (Lipinski definition) is 3. The van der Waals surface area contributed by atoms with Crippen LogP contribution < -0.4 is 15.4 Å². The number of rotatable bonds is 8. The van der Waals surface area contributed by atoms with Crippen LogP contribution in [0.5, 0.6) is 5.75 Å². The third-order valence-electron chi connectivity index (χ3n) is 4.87. The van der Waals surface area contributed by atoms with Crippen LogP contribution in [0.2, 0.25) is 0 Å². The predicted molar refractivity (Wildman–Crippen MR) is 94.0 cm³/mol. The summed E-state index contributed by atoms with van der Waals surface area (Å²) in [4.78, 5) is 12.9. The summed E-state index contributed by atoms with van der Waals surface area (Å²) in [6.07, 6.45) is 5.18. The van der Waals surface area contributed by atoms with E-state index in [9.17, 15) is 4.79 Å². The molecule has 2 N–H and O–H groups in total. The normalized spacial score (nSPS) is 16.3. The first-order valence-corrected chi connectivity index (χ1v) is 8.78. The van der Waals surface area contributed by atoms with Crippen LogP contribution in [0, 0.1) is 6.92 Å². The fraction of sp³-hybridized carbons (Fsp3) is 0.632. The summed E-state index contributed by atoms with van der Waals surface area (Å²) in [7, 11) is 1.69. The van der Waals surface area contributed by atoms with Crippen molar-refractivity contribution in [3.63, 3.8) is 0 Å². The monoisotopic (exact) mass is 318 g/mol. The van der Waals surface area contributed by atoms with Gasteiger partial charge in [-0.25, -0.2) is 0 Å². The lowest BCUT2D eigenvalue weighted by molar-refractivity contribution is -0.126. The third-order valence-corrected chi connectivity index (χ3v) is 4.87. The molecule has 0 radical (unpaired) electrons. The van der Waals surface area contributed by atoms with E-state index in [0.717, 1.165) is 62.1 Å². The van der Waals surface area contributed by atoms with Crippen molar-refractivity contribution < 1.29 is 9.53 Å². The van der Waals surface area contributed by atoms with E-state index < -0.39 is 0 Å². The van der Waals surface area contributed by atoms with Gasteiger partial charge in [-0.05, 0) is 49.9 Å². The molecule has 1 amide bonds. The summed E-state index contributed by atoms with van der Waals surface area (Å²) in [5.41, 5.74) is 1.82. The zero-order valence-electron chi connectivity index (χ0n) is 14.7. The Kier molecular flexibility index (Phi) is 6.46. The molecule has 1 aliphatic rings. The van der Waals surface area contributed by atoms with E-state index >= 15 is 0 Å². The van der Waals surface area contributed by atoms with Crippen LogP contribution in [0.15, 0.2) is 18.2 Å². The van der Waals surface area contributed by atoms with Gasteiger partial charge in [-0.2, -0.15) is 0 Å². The molecule has 1 saturated carbocycles. The Morgan fingerprint density at radius 2 is 1.96 bits per heavy atom. The first kappa shape index (κ1) is 17.8. The summed E-state index contributed by atoms with van der Waals surface area (Å²) in [5, 5.41) is 6.46. The van der Waals surface area contributed by atoms with E-state index in [4.69, 9.17) is 4.74 Å². The Hall–Kier alpha value is -1.55. The lowest BCUT2D eigenvalue weighted by atomic mass is 9.77. The van der Waals surface area contributed by atoms with Crippen molar-refractivity contribution in [3.8, 4) is 5.75 Å². The van der Waals surface area contributed by atoms with Crippen molar-refractivity contribution >= 4 is 5.91 Å². The van der Waals surface area contributed by atoms with Gasteiger partial charge >= 0.3 is 0 Å². The van der Waals surface area contributed by atoms with E-state index in [0.29, 0.717) is 6.54 Å². The molecule has 0 aromatic heterocycles. The second-order valence-corrected chi connectivity index (χ2v) is 6.48. The maximum Gasteiger partial charge on any atom is 0.230 e. The topological polar surface area (TPSA) is 50.4 Å². The van der Waals surface area contributed by atoms with Gasteiger partial charge in [0.2, 0.25) is 5.91 Å². The Balaban J connectivity index is 2.11. The Bertz CT molecular complexity index is 522. The van der Waals surface area contributed by atoms with Crippen molar-refractivity contribution in [3.05, 3.63) is 29.3 Å². The number of amides is 1. The maximum absolute atomic E-state index is 12.9. The standard InChI is InChI=1S/C19H30N2O2/c1-4-11-20-12-13-21-18(22)19(9-5-6-10-19)16-8-7-15(2)17(14-16)23-3/h7-8,14,20H,4-6,9-13H2,1-3H3,(H,21,22). The summed E-state index contributed by atoms with van der Waals surface area (Å²) >= 11 is 0. The second-order valence-electron chi connectivity index (χ2n) is 6.48. The summed E-state index contributed by atoms with van der Waals surface area (Å²) in [6.45, 7) is 6.68. The second kappa shape index (κ2) is 8.34. The SMILES string of the molecule is CCCNCCNC(=O)C1(c2ccc(C)c(OC)c2)CCCC1. The third kappa shape index (κ3) is 4.05. The van der Waals surface area contributed by atoms with Gasteiger partial charge in [-0.1, -0.05) is 31.9 Å². The lowest BCUT2D eigenvalue weighted by Crippen LogP contribution is -2.44. The number of carbonyl (C=O) groups is 1. The summed E-state index contributed by atoms with van der Waals surface area (Å²) < 4.78 is 5.45. The molecule has 4 heteroatoms. The number of aryl methyl sites for hydroxylation is 1. The van der Waals surface area contributed by atoms with Gasteiger partial charge in [0.05, 0.1) is 12.5 Å². The Morgan fingerprint density at radius 1 is 1.22 bits per heavy atom. The highest BCUT2D eigenvalue weighted by Crippen LogP contribution is 2.42. The molecule has 0 spiro atoms. The zero-order valence-corrected chi connectivity index (χ0v) is 14.7. The molecule has 0 aliphatic heterocycles. The molecular formula is C19H30N2O2. The first-order chi connectivity index (χ1) is 11.1. The number of methoxy groups -OCH3 is 1. The average Bonchev–Trinajstić information content (AvgIpc) is 3.06. The quantitative estimate of drug-likeness (QED) is 0.725. The maximum atomic E-state index is 12.9. The van der Waals surface area contributed by atoms with Crippen LogP contribution in [-0.4, -0.2) is 32.7 Å². The molecule has 2 rings (SSSR count). The van der Waals surface area contributed by atoms with Gasteiger partial charge in [-0.15, -0.1) is 0 Å². The van der Waals surface area contributed by atoms with Crippen LogP contribution in [0.4, 0.5) is 0 Å². The van der Waals surface area contributed by atoms with E-state index in [-0.39, 0.29) is 11.3 Å². The largest absolute Gasteiger partial charge is 0.496 e. The molecular weight excluding hydrogens is 288 g/mol.